The second-order valence-corrected chi connectivity index (χ2v) is 6.34. The highest BCUT2D eigenvalue weighted by Gasteiger charge is 2.35. The lowest BCUT2D eigenvalue weighted by Crippen LogP contribution is -2.25. The van der Waals surface area contributed by atoms with E-state index in [0.29, 0.717) is 11.5 Å². The molecule has 0 spiro atoms. The van der Waals surface area contributed by atoms with Crippen molar-refractivity contribution in [2.45, 2.75) is 58.3 Å². The van der Waals surface area contributed by atoms with Gasteiger partial charge >= 0.3 is 5.97 Å². The Labute approximate surface area is 143 Å². The molecule has 4 nitrogen and oxygen atoms in total. The smallest absolute Gasteiger partial charge is 0.371 e. The number of phenolic OH excluding ortho intramolecular Hbond substituents is 1. The highest BCUT2D eigenvalue weighted by molar-refractivity contribution is 5.84. The Bertz CT molecular complexity index is 710. The Kier molecular flexibility index (Phi) is 5.37. The van der Waals surface area contributed by atoms with Gasteiger partial charge in [0, 0.05) is 0 Å². The number of carboxylic acids is 1. The van der Waals surface area contributed by atoms with Crippen LogP contribution in [-0.4, -0.2) is 16.2 Å². The average Bonchev–Trinajstić information content (AvgIpc) is 3.08. The lowest BCUT2D eigenvalue weighted by molar-refractivity contribution is 0.0658. The van der Waals surface area contributed by atoms with Gasteiger partial charge in [0.1, 0.15) is 11.5 Å². The lowest BCUT2D eigenvalue weighted by atomic mass is 9.73. The molecule has 1 atom stereocenters. The zero-order chi connectivity index (χ0) is 17.9. The van der Waals surface area contributed by atoms with Crippen molar-refractivity contribution in [1.82, 2.24) is 0 Å². The zero-order valence-electron chi connectivity index (χ0n) is 14.8. The van der Waals surface area contributed by atoms with Crippen LogP contribution < -0.4 is 0 Å². The van der Waals surface area contributed by atoms with Crippen molar-refractivity contribution in [2.75, 3.05) is 0 Å². The van der Waals surface area contributed by atoms with E-state index in [4.69, 9.17) is 9.52 Å². The van der Waals surface area contributed by atoms with Crippen LogP contribution in [0.4, 0.5) is 0 Å². The van der Waals surface area contributed by atoms with Gasteiger partial charge in [-0.05, 0) is 54.5 Å². The summed E-state index contributed by atoms with van der Waals surface area (Å²) in [6.07, 6.45) is 2.49. The monoisotopic (exact) mass is 330 g/mol. The number of carbonyl (C=O) groups is 1. The molecular weight excluding hydrogens is 304 g/mol. The number of rotatable bonds is 7. The third kappa shape index (κ3) is 3.05. The highest BCUT2D eigenvalue weighted by Crippen LogP contribution is 2.42. The van der Waals surface area contributed by atoms with Crippen molar-refractivity contribution < 1.29 is 19.4 Å². The molecule has 0 aliphatic rings. The molecule has 1 unspecified atom stereocenters. The molecule has 1 aromatic carbocycles. The van der Waals surface area contributed by atoms with Gasteiger partial charge in [0.05, 0.1) is 5.41 Å². The number of aromatic hydroxyl groups is 1. The van der Waals surface area contributed by atoms with E-state index in [1.807, 2.05) is 12.1 Å². The normalized spacial score (nSPS) is 13.0. The SMILES string of the molecule is CCC(C)c1cc(C(CC)(CC)c2ccc(C(=O)O)o2)ccc1O. The molecular formula is C20H26O4. The number of carboxylic acid groups (broad SMARTS) is 1. The van der Waals surface area contributed by atoms with Gasteiger partial charge in [-0.25, -0.2) is 4.79 Å². The first-order valence-electron chi connectivity index (χ1n) is 8.56. The van der Waals surface area contributed by atoms with Crippen LogP contribution in [0.1, 0.15) is 80.3 Å². The average molecular weight is 330 g/mol. The Balaban J connectivity index is 2.59. The number of aromatic carboxylic acids is 1. The van der Waals surface area contributed by atoms with Crippen LogP contribution in [0.15, 0.2) is 34.7 Å². The Morgan fingerprint density at radius 3 is 2.33 bits per heavy atom. The number of furan rings is 1. The van der Waals surface area contributed by atoms with Crippen LogP contribution in [-0.2, 0) is 5.41 Å². The van der Waals surface area contributed by atoms with E-state index in [-0.39, 0.29) is 11.7 Å². The van der Waals surface area contributed by atoms with Gasteiger partial charge in [0.15, 0.2) is 0 Å². The summed E-state index contributed by atoms with van der Waals surface area (Å²) in [5.41, 5.74) is 1.57. The molecule has 1 aromatic heterocycles. The van der Waals surface area contributed by atoms with Gasteiger partial charge in [0.2, 0.25) is 5.76 Å². The fraction of sp³-hybridized carbons (Fsp3) is 0.450. The van der Waals surface area contributed by atoms with Crippen molar-refractivity contribution in [3.63, 3.8) is 0 Å². The first-order valence-corrected chi connectivity index (χ1v) is 8.56. The van der Waals surface area contributed by atoms with E-state index in [1.54, 1.807) is 12.1 Å². The third-order valence-corrected chi connectivity index (χ3v) is 5.22. The summed E-state index contributed by atoms with van der Waals surface area (Å²) in [4.78, 5) is 11.2. The van der Waals surface area contributed by atoms with Crippen LogP contribution in [0.2, 0.25) is 0 Å². The van der Waals surface area contributed by atoms with E-state index in [1.165, 1.54) is 6.07 Å². The number of benzene rings is 1. The quantitative estimate of drug-likeness (QED) is 0.722. The van der Waals surface area contributed by atoms with Crippen molar-refractivity contribution in [2.24, 2.45) is 0 Å². The molecule has 1 heterocycles. The Hall–Kier alpha value is -2.23. The first kappa shape index (κ1) is 18.1. The second-order valence-electron chi connectivity index (χ2n) is 6.34. The summed E-state index contributed by atoms with van der Waals surface area (Å²) < 4.78 is 5.64. The standard InChI is InChI=1S/C20H26O4/c1-5-13(4)15-12-14(8-9-16(15)21)20(6-2,7-3)18-11-10-17(24-18)19(22)23/h8-13,21H,5-7H2,1-4H3,(H,22,23). The summed E-state index contributed by atoms with van der Waals surface area (Å²) in [6.45, 7) is 8.33. The molecule has 0 aliphatic carbocycles. The maximum Gasteiger partial charge on any atom is 0.371 e. The van der Waals surface area contributed by atoms with Gasteiger partial charge in [-0.1, -0.05) is 39.8 Å². The highest BCUT2D eigenvalue weighted by atomic mass is 16.4. The van der Waals surface area contributed by atoms with E-state index in [9.17, 15) is 9.90 Å². The molecule has 2 aromatic rings. The predicted molar refractivity (Wildman–Crippen MR) is 93.8 cm³/mol. The van der Waals surface area contributed by atoms with Crippen LogP contribution in [0.5, 0.6) is 5.75 Å². The molecule has 0 saturated heterocycles. The minimum atomic E-state index is -1.06. The molecule has 24 heavy (non-hydrogen) atoms. The topological polar surface area (TPSA) is 70.7 Å². The third-order valence-electron chi connectivity index (χ3n) is 5.22. The number of hydrogen-bond acceptors (Lipinski definition) is 3. The van der Waals surface area contributed by atoms with E-state index in [0.717, 1.165) is 30.4 Å². The minimum absolute atomic E-state index is 0.0443. The van der Waals surface area contributed by atoms with E-state index < -0.39 is 11.4 Å². The van der Waals surface area contributed by atoms with Gasteiger partial charge in [-0.3, -0.25) is 0 Å². The van der Waals surface area contributed by atoms with Crippen LogP contribution >= 0.6 is 0 Å². The molecule has 2 rings (SSSR count). The van der Waals surface area contributed by atoms with Crippen LogP contribution in [0.3, 0.4) is 0 Å². The van der Waals surface area contributed by atoms with Crippen LogP contribution in [0.25, 0.3) is 0 Å². The first-order chi connectivity index (χ1) is 11.4. The number of hydrogen-bond donors (Lipinski definition) is 2. The molecule has 2 N–H and O–H groups in total. The fourth-order valence-corrected chi connectivity index (χ4v) is 3.33. The number of phenols is 1. The maximum atomic E-state index is 11.2. The van der Waals surface area contributed by atoms with Gasteiger partial charge in [0.25, 0.3) is 0 Å². The molecule has 0 amide bonds. The van der Waals surface area contributed by atoms with Gasteiger partial charge in [-0.2, -0.15) is 0 Å². The molecule has 130 valence electrons. The minimum Gasteiger partial charge on any atom is -0.508 e. The van der Waals surface area contributed by atoms with E-state index >= 15 is 0 Å². The summed E-state index contributed by atoms with van der Waals surface area (Å²) >= 11 is 0. The van der Waals surface area contributed by atoms with E-state index in [2.05, 4.69) is 27.7 Å². The summed E-state index contributed by atoms with van der Waals surface area (Å²) in [6, 6.07) is 8.95. The molecule has 0 bridgehead atoms. The lowest BCUT2D eigenvalue weighted by Gasteiger charge is -2.31. The van der Waals surface area contributed by atoms with Crippen molar-refractivity contribution in [3.05, 3.63) is 53.0 Å². The molecule has 0 saturated carbocycles. The Morgan fingerprint density at radius 2 is 1.83 bits per heavy atom. The van der Waals surface area contributed by atoms with Gasteiger partial charge < -0.3 is 14.6 Å². The Morgan fingerprint density at radius 1 is 1.17 bits per heavy atom. The van der Waals surface area contributed by atoms with Crippen molar-refractivity contribution >= 4 is 5.97 Å². The molecule has 0 radical (unpaired) electrons. The van der Waals surface area contributed by atoms with Crippen molar-refractivity contribution in [1.29, 1.82) is 0 Å². The largest absolute Gasteiger partial charge is 0.508 e. The van der Waals surface area contributed by atoms with Gasteiger partial charge in [-0.15, -0.1) is 0 Å². The maximum absolute atomic E-state index is 11.2. The summed E-state index contributed by atoms with van der Waals surface area (Å²) in [5, 5.41) is 19.3. The van der Waals surface area contributed by atoms with Crippen LogP contribution in [0, 0.1) is 0 Å². The summed E-state index contributed by atoms with van der Waals surface area (Å²) in [5.74, 6) is 0.110. The molecule has 0 aliphatic heterocycles. The predicted octanol–water partition coefficient (Wildman–Crippen LogP) is 5.30. The molecule has 4 heteroatoms. The van der Waals surface area contributed by atoms with Crippen molar-refractivity contribution in [3.8, 4) is 5.75 Å². The zero-order valence-corrected chi connectivity index (χ0v) is 14.8. The summed E-state index contributed by atoms with van der Waals surface area (Å²) in [7, 11) is 0. The fourth-order valence-electron chi connectivity index (χ4n) is 3.33. The second kappa shape index (κ2) is 7.12. The molecule has 0 fully saturated rings.